The maximum atomic E-state index is 12.9. The quantitative estimate of drug-likeness (QED) is 0.508. The van der Waals surface area contributed by atoms with E-state index in [-0.39, 0.29) is 23.3 Å². The number of benzene rings is 2. The van der Waals surface area contributed by atoms with Crippen molar-refractivity contribution in [2.24, 2.45) is 0 Å². The van der Waals surface area contributed by atoms with E-state index >= 15 is 0 Å². The summed E-state index contributed by atoms with van der Waals surface area (Å²) in [5.41, 5.74) is 0. The molecule has 3 rings (SSSR count). The second-order valence-electron chi connectivity index (χ2n) is 7.13. The minimum absolute atomic E-state index is 0.0646. The maximum Gasteiger partial charge on any atom is 0.254 e. The summed E-state index contributed by atoms with van der Waals surface area (Å²) in [5.74, 6) is 0.0646. The molecule has 1 aliphatic heterocycles. The largest absolute Gasteiger partial charge is 0.343 e. The topological polar surface area (TPSA) is 69.7 Å². The molecule has 29 heavy (non-hydrogen) atoms. The van der Waals surface area contributed by atoms with Gasteiger partial charge in [-0.15, -0.1) is 4.83 Å². The number of hydrogen-bond donors (Lipinski definition) is 1. The van der Waals surface area contributed by atoms with E-state index < -0.39 is 10.0 Å². The first-order valence-electron chi connectivity index (χ1n) is 9.83. The molecule has 2 aromatic rings. The highest BCUT2D eigenvalue weighted by molar-refractivity contribution is 7.98. The van der Waals surface area contributed by atoms with Crippen molar-refractivity contribution in [3.05, 3.63) is 60.7 Å². The fourth-order valence-electron chi connectivity index (χ4n) is 3.17. The van der Waals surface area contributed by atoms with E-state index in [1.807, 2.05) is 42.2 Å². The van der Waals surface area contributed by atoms with E-state index in [4.69, 9.17) is 0 Å². The van der Waals surface area contributed by atoms with Gasteiger partial charge < -0.3 is 4.90 Å². The van der Waals surface area contributed by atoms with Gasteiger partial charge >= 0.3 is 0 Å². The zero-order chi connectivity index (χ0) is 20.7. The second-order valence-corrected chi connectivity index (χ2v) is 9.84. The van der Waals surface area contributed by atoms with Crippen molar-refractivity contribution in [1.29, 1.82) is 0 Å². The van der Waals surface area contributed by atoms with Gasteiger partial charge in [-0.2, -0.15) is 4.41 Å². The van der Waals surface area contributed by atoms with Crippen molar-refractivity contribution in [2.45, 2.75) is 48.4 Å². The normalized spacial score (nSPS) is 16.0. The second kappa shape index (κ2) is 10.2. The van der Waals surface area contributed by atoms with Crippen LogP contribution in [-0.4, -0.2) is 42.8 Å². The van der Waals surface area contributed by atoms with Gasteiger partial charge in [-0.25, -0.2) is 8.42 Å². The van der Waals surface area contributed by atoms with Gasteiger partial charge in [0.1, 0.15) is 0 Å². The van der Waals surface area contributed by atoms with Crippen LogP contribution in [0, 0.1) is 0 Å². The molecular weight excluding hydrogens is 406 g/mol. The fraction of sp³-hybridized carbons (Fsp3) is 0.381. The summed E-state index contributed by atoms with van der Waals surface area (Å²) < 4.78 is 27.3. The fourth-order valence-corrected chi connectivity index (χ4v) is 5.41. The lowest BCUT2D eigenvalue weighted by molar-refractivity contribution is -0.132. The first kappa shape index (κ1) is 21.8. The summed E-state index contributed by atoms with van der Waals surface area (Å²) in [6.07, 6.45) is 3.47. The van der Waals surface area contributed by atoms with Crippen molar-refractivity contribution < 1.29 is 13.2 Å². The zero-order valence-electron chi connectivity index (χ0n) is 16.5. The van der Waals surface area contributed by atoms with Gasteiger partial charge in [0, 0.05) is 30.4 Å². The molecule has 0 radical (unpaired) electrons. The number of likely N-dealkylation sites (tertiary alicyclic amines) is 1. The Bertz CT molecular complexity index is 886. The average molecular weight is 434 g/mol. The SMILES string of the molecule is CC(CC(=O)N1CCCCC1)N(NS(=O)(=O)c1ccccc1)Sc1ccccc1. The molecule has 1 unspecified atom stereocenters. The Hall–Kier alpha value is -1.87. The number of sulfonamides is 1. The smallest absolute Gasteiger partial charge is 0.254 e. The van der Waals surface area contributed by atoms with E-state index in [1.54, 1.807) is 34.7 Å². The van der Waals surface area contributed by atoms with Crippen LogP contribution in [0.3, 0.4) is 0 Å². The number of hydrazine groups is 1. The molecule has 1 saturated heterocycles. The van der Waals surface area contributed by atoms with Crippen LogP contribution >= 0.6 is 11.9 Å². The number of nitrogens with zero attached hydrogens (tertiary/aromatic N) is 2. The van der Waals surface area contributed by atoms with Gasteiger partial charge in [-0.05, 0) is 62.4 Å². The van der Waals surface area contributed by atoms with Crippen molar-refractivity contribution in [2.75, 3.05) is 13.1 Å². The number of rotatable bonds is 8. The Labute approximate surface area is 177 Å². The van der Waals surface area contributed by atoms with Gasteiger partial charge in [0.25, 0.3) is 10.0 Å². The molecule has 0 aliphatic carbocycles. The molecule has 1 atom stereocenters. The monoisotopic (exact) mass is 433 g/mol. The number of hydrogen-bond acceptors (Lipinski definition) is 5. The Balaban J connectivity index is 1.75. The van der Waals surface area contributed by atoms with Gasteiger partial charge in [-0.1, -0.05) is 36.4 Å². The Kier molecular flexibility index (Phi) is 7.71. The van der Waals surface area contributed by atoms with Crippen LogP contribution < -0.4 is 4.83 Å². The minimum Gasteiger partial charge on any atom is -0.343 e. The highest BCUT2D eigenvalue weighted by atomic mass is 32.2. The summed E-state index contributed by atoms with van der Waals surface area (Å²) >= 11 is 1.28. The zero-order valence-corrected chi connectivity index (χ0v) is 18.2. The third-order valence-electron chi connectivity index (χ3n) is 4.79. The maximum absolute atomic E-state index is 12.9. The molecule has 156 valence electrons. The molecule has 2 aromatic carbocycles. The third kappa shape index (κ3) is 6.30. The molecule has 0 aromatic heterocycles. The predicted octanol–water partition coefficient (Wildman–Crippen LogP) is 3.68. The molecule has 0 spiro atoms. The molecule has 0 saturated carbocycles. The van der Waals surface area contributed by atoms with Crippen molar-refractivity contribution in [1.82, 2.24) is 14.1 Å². The van der Waals surface area contributed by atoms with Crippen LogP contribution in [0.4, 0.5) is 0 Å². The van der Waals surface area contributed by atoms with E-state index in [9.17, 15) is 13.2 Å². The number of nitrogens with one attached hydrogen (secondary N) is 1. The van der Waals surface area contributed by atoms with Crippen LogP contribution in [0.1, 0.15) is 32.6 Å². The number of carbonyl (C=O) groups excluding carboxylic acids is 1. The van der Waals surface area contributed by atoms with Gasteiger partial charge in [-0.3, -0.25) is 4.79 Å². The number of carbonyl (C=O) groups is 1. The first-order valence-corrected chi connectivity index (χ1v) is 12.1. The molecule has 0 bridgehead atoms. The lowest BCUT2D eigenvalue weighted by atomic mass is 10.1. The summed E-state index contributed by atoms with van der Waals surface area (Å²) in [6, 6.07) is 17.5. The predicted molar refractivity (Wildman–Crippen MR) is 115 cm³/mol. The summed E-state index contributed by atoms with van der Waals surface area (Å²) in [7, 11) is -3.76. The average Bonchev–Trinajstić information content (AvgIpc) is 2.75. The number of amides is 1. The molecule has 8 heteroatoms. The Morgan fingerprint density at radius 3 is 2.24 bits per heavy atom. The van der Waals surface area contributed by atoms with Gasteiger partial charge in [0.05, 0.1) is 4.90 Å². The van der Waals surface area contributed by atoms with E-state index in [1.165, 1.54) is 11.9 Å². The lowest BCUT2D eigenvalue weighted by Crippen LogP contribution is -2.45. The van der Waals surface area contributed by atoms with Crippen LogP contribution in [0.15, 0.2) is 70.5 Å². The van der Waals surface area contributed by atoms with Crippen molar-refractivity contribution in [3.63, 3.8) is 0 Å². The summed E-state index contributed by atoms with van der Waals surface area (Å²) in [5, 5.41) is 0. The van der Waals surface area contributed by atoms with E-state index in [0.717, 1.165) is 37.2 Å². The summed E-state index contributed by atoms with van der Waals surface area (Å²) in [6.45, 7) is 3.44. The Morgan fingerprint density at radius 2 is 1.62 bits per heavy atom. The molecular formula is C21H27N3O3S2. The van der Waals surface area contributed by atoms with Gasteiger partial charge in [0.2, 0.25) is 5.91 Å². The molecule has 1 aliphatic rings. The highest BCUT2D eigenvalue weighted by Gasteiger charge is 2.27. The molecule has 1 heterocycles. The lowest BCUT2D eigenvalue weighted by Gasteiger charge is -2.31. The minimum atomic E-state index is -3.76. The standard InChI is InChI=1S/C21H27N3O3S2/c1-18(17-21(25)23-15-9-4-10-16-23)24(28-19-11-5-2-6-12-19)22-29(26,27)20-13-7-3-8-14-20/h2-3,5-8,11-14,18,22H,4,9-10,15-17H2,1H3. The van der Waals surface area contributed by atoms with E-state index in [2.05, 4.69) is 4.83 Å². The van der Waals surface area contributed by atoms with Crippen LogP contribution in [0.5, 0.6) is 0 Å². The molecule has 1 fully saturated rings. The molecule has 6 nitrogen and oxygen atoms in total. The molecule has 1 amide bonds. The summed E-state index contributed by atoms with van der Waals surface area (Å²) in [4.78, 5) is 18.3. The van der Waals surface area contributed by atoms with Crippen LogP contribution in [0.2, 0.25) is 0 Å². The Morgan fingerprint density at radius 1 is 1.03 bits per heavy atom. The number of piperidine rings is 1. The van der Waals surface area contributed by atoms with Crippen LogP contribution in [-0.2, 0) is 14.8 Å². The van der Waals surface area contributed by atoms with Gasteiger partial charge in [0.15, 0.2) is 0 Å². The molecule has 1 N–H and O–H groups in total. The first-order chi connectivity index (χ1) is 14.0. The van der Waals surface area contributed by atoms with Crippen molar-refractivity contribution in [3.8, 4) is 0 Å². The van der Waals surface area contributed by atoms with Crippen molar-refractivity contribution >= 4 is 27.9 Å². The van der Waals surface area contributed by atoms with E-state index in [0.29, 0.717) is 0 Å². The highest BCUT2D eigenvalue weighted by Crippen LogP contribution is 2.26. The third-order valence-corrected chi connectivity index (χ3v) is 7.37. The van der Waals surface area contributed by atoms with Crippen LogP contribution in [0.25, 0.3) is 0 Å².